The van der Waals surface area contributed by atoms with Gasteiger partial charge >= 0.3 is 7.12 Å². The summed E-state index contributed by atoms with van der Waals surface area (Å²) in [6, 6.07) is 5.80. The van der Waals surface area contributed by atoms with Crippen LogP contribution >= 0.6 is 0 Å². The van der Waals surface area contributed by atoms with Crippen LogP contribution in [0.2, 0.25) is 0 Å². The molecule has 0 saturated carbocycles. The van der Waals surface area contributed by atoms with Gasteiger partial charge in [-0.05, 0) is 33.8 Å². The van der Waals surface area contributed by atoms with E-state index in [1.807, 2.05) is 45.9 Å². The van der Waals surface area contributed by atoms with E-state index in [4.69, 9.17) is 18.8 Å². The maximum atomic E-state index is 6.08. The Kier molecular flexibility index (Phi) is 3.77. The summed E-state index contributed by atoms with van der Waals surface area (Å²) in [7, 11) is 2.81. The van der Waals surface area contributed by atoms with Crippen LogP contribution < -0.4 is 14.9 Å². The van der Waals surface area contributed by atoms with Gasteiger partial charge in [0.05, 0.1) is 30.9 Å². The number of aromatic nitrogens is 1. The molecule has 1 saturated heterocycles. The molecular weight excluding hydrogens is 293 g/mol. The molecule has 0 atom stereocenters. The summed E-state index contributed by atoms with van der Waals surface area (Å²) >= 11 is 0. The molecule has 0 aliphatic carbocycles. The lowest BCUT2D eigenvalue weighted by molar-refractivity contribution is 0.00578. The summed E-state index contributed by atoms with van der Waals surface area (Å²) in [5.41, 5.74) is 0.986. The molecule has 122 valence electrons. The Morgan fingerprint density at radius 3 is 2.04 bits per heavy atom. The monoisotopic (exact) mass is 315 g/mol. The molecule has 0 unspecified atom stereocenters. The van der Waals surface area contributed by atoms with E-state index in [0.717, 1.165) is 16.4 Å². The van der Waals surface area contributed by atoms with E-state index in [9.17, 15) is 0 Å². The number of rotatable bonds is 3. The van der Waals surface area contributed by atoms with Gasteiger partial charge in [0.1, 0.15) is 0 Å². The zero-order chi connectivity index (χ0) is 16.8. The Morgan fingerprint density at radius 2 is 1.48 bits per heavy atom. The molecule has 1 fully saturated rings. The molecule has 2 aromatic rings. The molecule has 2 heterocycles. The first-order chi connectivity index (χ1) is 10.8. The van der Waals surface area contributed by atoms with Crippen molar-refractivity contribution < 1.29 is 18.8 Å². The highest BCUT2D eigenvalue weighted by molar-refractivity contribution is 6.62. The van der Waals surface area contributed by atoms with Gasteiger partial charge in [0.2, 0.25) is 0 Å². The average Bonchev–Trinajstić information content (AvgIpc) is 2.73. The van der Waals surface area contributed by atoms with Gasteiger partial charge in [0, 0.05) is 23.1 Å². The molecule has 0 amide bonds. The predicted octanol–water partition coefficient (Wildman–Crippen LogP) is 2.55. The summed E-state index contributed by atoms with van der Waals surface area (Å²) < 4.78 is 22.8. The van der Waals surface area contributed by atoms with E-state index in [-0.39, 0.29) is 11.2 Å². The molecule has 1 aliphatic heterocycles. The third-order valence-electron chi connectivity index (χ3n) is 4.73. The maximum absolute atomic E-state index is 6.08. The minimum atomic E-state index is -0.426. The minimum absolute atomic E-state index is 0.371. The second-order valence-corrected chi connectivity index (χ2v) is 6.76. The molecule has 0 radical (unpaired) electrons. The Balaban J connectivity index is 2.01. The van der Waals surface area contributed by atoms with Crippen LogP contribution in [0.5, 0.6) is 11.5 Å². The standard InChI is InChI=1S/C17H22BNO4/c1-16(2)17(3,4)23-18(22-16)12-7-11-8-14(20-5)15(21-6)9-13(11)19-10-12/h7-10H,1-6H3. The third kappa shape index (κ3) is 2.66. The van der Waals surface area contributed by atoms with Gasteiger partial charge in [-0.1, -0.05) is 6.07 Å². The van der Waals surface area contributed by atoms with E-state index >= 15 is 0 Å². The van der Waals surface area contributed by atoms with Crippen LogP contribution in [0.25, 0.3) is 10.9 Å². The Hall–Kier alpha value is -1.79. The van der Waals surface area contributed by atoms with Crippen molar-refractivity contribution in [3.63, 3.8) is 0 Å². The summed E-state index contributed by atoms with van der Waals surface area (Å²) in [6.45, 7) is 8.15. The van der Waals surface area contributed by atoms with Crippen LogP contribution in [-0.2, 0) is 9.31 Å². The maximum Gasteiger partial charge on any atom is 0.496 e. The first-order valence-electron chi connectivity index (χ1n) is 7.65. The number of methoxy groups -OCH3 is 2. The van der Waals surface area contributed by atoms with E-state index < -0.39 is 7.12 Å². The van der Waals surface area contributed by atoms with Gasteiger partial charge < -0.3 is 18.8 Å². The molecule has 6 heteroatoms. The third-order valence-corrected chi connectivity index (χ3v) is 4.73. The number of hydrogen-bond donors (Lipinski definition) is 0. The summed E-state index contributed by atoms with van der Waals surface area (Å²) in [4.78, 5) is 4.51. The molecule has 0 spiro atoms. The Morgan fingerprint density at radius 1 is 0.913 bits per heavy atom. The lowest BCUT2D eigenvalue weighted by Gasteiger charge is -2.32. The molecule has 1 aromatic carbocycles. The number of fused-ring (bicyclic) bond motifs is 1. The number of ether oxygens (including phenoxy) is 2. The molecule has 0 N–H and O–H groups in total. The van der Waals surface area contributed by atoms with Crippen molar-refractivity contribution in [2.45, 2.75) is 38.9 Å². The second kappa shape index (κ2) is 5.39. The van der Waals surface area contributed by atoms with Crippen LogP contribution in [0.4, 0.5) is 0 Å². The van der Waals surface area contributed by atoms with Gasteiger partial charge in [-0.3, -0.25) is 4.98 Å². The lowest BCUT2D eigenvalue weighted by atomic mass is 9.80. The van der Waals surface area contributed by atoms with Crippen molar-refractivity contribution in [3.05, 3.63) is 24.4 Å². The van der Waals surface area contributed by atoms with Gasteiger partial charge in [-0.2, -0.15) is 0 Å². The predicted molar refractivity (Wildman–Crippen MR) is 90.6 cm³/mol. The number of benzene rings is 1. The van der Waals surface area contributed by atoms with Gasteiger partial charge in [-0.15, -0.1) is 0 Å². The lowest BCUT2D eigenvalue weighted by Crippen LogP contribution is -2.41. The average molecular weight is 315 g/mol. The van der Waals surface area contributed by atoms with Crippen molar-refractivity contribution in [2.75, 3.05) is 14.2 Å². The van der Waals surface area contributed by atoms with Crippen molar-refractivity contribution >= 4 is 23.5 Å². The van der Waals surface area contributed by atoms with Crippen molar-refractivity contribution in [3.8, 4) is 11.5 Å². The highest BCUT2D eigenvalue weighted by Gasteiger charge is 2.51. The zero-order valence-electron chi connectivity index (χ0n) is 14.5. The largest absolute Gasteiger partial charge is 0.496 e. The van der Waals surface area contributed by atoms with Gasteiger partial charge in [0.25, 0.3) is 0 Å². The highest BCUT2D eigenvalue weighted by Crippen LogP contribution is 2.37. The van der Waals surface area contributed by atoms with E-state index in [2.05, 4.69) is 4.98 Å². The molecule has 3 rings (SSSR count). The molecule has 5 nitrogen and oxygen atoms in total. The van der Waals surface area contributed by atoms with Crippen LogP contribution in [-0.4, -0.2) is 37.5 Å². The number of nitrogens with zero attached hydrogens (tertiary/aromatic N) is 1. The second-order valence-electron chi connectivity index (χ2n) is 6.76. The summed E-state index contributed by atoms with van der Waals surface area (Å²) in [6.07, 6.45) is 1.79. The molecule has 1 aromatic heterocycles. The molecule has 0 bridgehead atoms. The number of pyridine rings is 1. The van der Waals surface area contributed by atoms with E-state index in [1.54, 1.807) is 20.4 Å². The fourth-order valence-electron chi connectivity index (χ4n) is 2.58. The Bertz CT molecular complexity index is 729. The highest BCUT2D eigenvalue weighted by atomic mass is 16.7. The van der Waals surface area contributed by atoms with Crippen molar-refractivity contribution in [1.82, 2.24) is 4.98 Å². The van der Waals surface area contributed by atoms with Crippen LogP contribution in [0.15, 0.2) is 24.4 Å². The van der Waals surface area contributed by atoms with Gasteiger partial charge in [0.15, 0.2) is 11.5 Å². The number of hydrogen-bond acceptors (Lipinski definition) is 5. The van der Waals surface area contributed by atoms with Crippen LogP contribution in [0, 0.1) is 0 Å². The van der Waals surface area contributed by atoms with Gasteiger partial charge in [-0.25, -0.2) is 0 Å². The topological polar surface area (TPSA) is 49.8 Å². The normalized spacial score (nSPS) is 19.1. The summed E-state index contributed by atoms with van der Waals surface area (Å²) in [5, 5.41) is 0.954. The fraction of sp³-hybridized carbons (Fsp3) is 0.471. The minimum Gasteiger partial charge on any atom is -0.493 e. The zero-order valence-corrected chi connectivity index (χ0v) is 14.5. The first-order valence-corrected chi connectivity index (χ1v) is 7.65. The quantitative estimate of drug-likeness (QED) is 0.815. The van der Waals surface area contributed by atoms with Crippen molar-refractivity contribution in [1.29, 1.82) is 0 Å². The van der Waals surface area contributed by atoms with E-state index in [0.29, 0.717) is 11.5 Å². The fourth-order valence-corrected chi connectivity index (χ4v) is 2.58. The SMILES string of the molecule is COc1cc2cc(B3OC(C)(C)C(C)(C)O3)cnc2cc1OC. The molecular formula is C17H22BNO4. The molecule has 1 aliphatic rings. The van der Waals surface area contributed by atoms with Crippen molar-refractivity contribution in [2.24, 2.45) is 0 Å². The van der Waals surface area contributed by atoms with Crippen LogP contribution in [0.1, 0.15) is 27.7 Å². The smallest absolute Gasteiger partial charge is 0.493 e. The van der Waals surface area contributed by atoms with Crippen LogP contribution in [0.3, 0.4) is 0 Å². The summed E-state index contributed by atoms with van der Waals surface area (Å²) in [5.74, 6) is 1.34. The van der Waals surface area contributed by atoms with E-state index in [1.165, 1.54) is 0 Å². The molecule has 23 heavy (non-hydrogen) atoms. The first kappa shape index (κ1) is 16.1. The Labute approximate surface area is 137 Å².